The highest BCUT2D eigenvalue weighted by Gasteiger charge is 2.15. The summed E-state index contributed by atoms with van der Waals surface area (Å²) in [4.78, 5) is 15.0. The summed E-state index contributed by atoms with van der Waals surface area (Å²) in [5.74, 6) is -0.404. The molecule has 0 aliphatic carbocycles. The van der Waals surface area contributed by atoms with Crippen molar-refractivity contribution in [2.45, 2.75) is 11.8 Å². The van der Waals surface area contributed by atoms with Gasteiger partial charge in [-0.3, -0.25) is 9.78 Å². The first-order valence-electron chi connectivity index (χ1n) is 5.39. The van der Waals surface area contributed by atoms with Gasteiger partial charge < -0.3 is 11.1 Å². The van der Waals surface area contributed by atoms with Crippen molar-refractivity contribution in [2.24, 2.45) is 5.73 Å². The van der Waals surface area contributed by atoms with Crippen molar-refractivity contribution < 1.29 is 13.2 Å². The Balaban J connectivity index is 2.77. The molecule has 0 fully saturated rings. The van der Waals surface area contributed by atoms with E-state index in [1.165, 1.54) is 12.1 Å². The molecule has 0 aliphatic heterocycles. The lowest BCUT2D eigenvalue weighted by Gasteiger charge is -2.07. The maximum Gasteiger partial charge on any atom is 0.242 e. The van der Waals surface area contributed by atoms with Crippen LogP contribution in [0.3, 0.4) is 0 Å². The monoisotopic (exact) mass is 302 g/mol. The van der Waals surface area contributed by atoms with E-state index in [0.29, 0.717) is 12.2 Å². The quantitative estimate of drug-likeness (QED) is 0.589. The van der Waals surface area contributed by atoms with Crippen LogP contribution in [0.15, 0.2) is 23.2 Å². The fourth-order valence-corrected chi connectivity index (χ4v) is 2.24. The number of sulfonamides is 1. The second-order valence-electron chi connectivity index (χ2n) is 3.52. The third-order valence-corrected chi connectivity index (χ3v) is 3.69. The van der Waals surface area contributed by atoms with Crippen LogP contribution in [0, 0.1) is 0 Å². The summed E-state index contributed by atoms with van der Waals surface area (Å²) in [6.07, 6.45) is 1.13. The molecule has 9 heteroatoms. The second-order valence-corrected chi connectivity index (χ2v) is 5.73. The summed E-state index contributed by atoms with van der Waals surface area (Å²) in [6, 6.07) is 2.73. The third-order valence-electron chi connectivity index (χ3n) is 2.10. The van der Waals surface area contributed by atoms with E-state index in [4.69, 9.17) is 18.0 Å². The smallest absolute Gasteiger partial charge is 0.242 e. The molecule has 0 saturated heterocycles. The first-order chi connectivity index (χ1) is 8.86. The van der Waals surface area contributed by atoms with Crippen molar-refractivity contribution in [3.05, 3.63) is 24.0 Å². The number of rotatable bonds is 6. The van der Waals surface area contributed by atoms with Crippen LogP contribution in [0.4, 0.5) is 0 Å². The molecule has 1 aromatic rings. The summed E-state index contributed by atoms with van der Waals surface area (Å²) in [5.41, 5.74) is 5.69. The molecule has 0 spiro atoms. The molecule has 0 unspecified atom stereocenters. The first-order valence-corrected chi connectivity index (χ1v) is 7.28. The summed E-state index contributed by atoms with van der Waals surface area (Å²) < 4.78 is 25.8. The first kappa shape index (κ1) is 15.5. The molecular weight excluding hydrogens is 288 g/mol. The number of nitrogens with one attached hydrogen (secondary N) is 2. The van der Waals surface area contributed by atoms with Gasteiger partial charge in [-0.1, -0.05) is 12.2 Å². The highest BCUT2D eigenvalue weighted by molar-refractivity contribution is 7.89. The van der Waals surface area contributed by atoms with E-state index in [1.54, 1.807) is 6.92 Å². The standard InChI is InChI=1S/C10H14N4O3S2/c1-2-12-9(15)6-14-19(16,17)7-3-4-8(10(11)18)13-5-7/h3-5,14H,2,6H2,1H3,(H2,11,18)(H,12,15). The van der Waals surface area contributed by atoms with Crippen LogP contribution in [-0.4, -0.2) is 37.4 Å². The molecule has 1 aromatic heterocycles. The Labute approximate surface area is 116 Å². The van der Waals surface area contributed by atoms with E-state index in [2.05, 4.69) is 15.0 Å². The molecule has 1 heterocycles. The van der Waals surface area contributed by atoms with Gasteiger partial charge in [0, 0.05) is 12.7 Å². The van der Waals surface area contributed by atoms with Gasteiger partial charge in [-0.25, -0.2) is 13.1 Å². The molecule has 1 amide bonds. The predicted octanol–water partition coefficient (Wildman–Crippen LogP) is -0.870. The number of nitrogens with two attached hydrogens (primary N) is 1. The minimum atomic E-state index is -3.77. The van der Waals surface area contributed by atoms with E-state index in [1.807, 2.05) is 0 Å². The van der Waals surface area contributed by atoms with E-state index in [-0.39, 0.29) is 16.4 Å². The number of carbonyl (C=O) groups excluding carboxylic acids is 1. The third kappa shape index (κ3) is 4.54. The van der Waals surface area contributed by atoms with Crippen molar-refractivity contribution in [1.82, 2.24) is 15.0 Å². The van der Waals surface area contributed by atoms with Crippen molar-refractivity contribution in [2.75, 3.05) is 13.1 Å². The van der Waals surface area contributed by atoms with E-state index >= 15 is 0 Å². The lowest BCUT2D eigenvalue weighted by atomic mass is 10.3. The predicted molar refractivity (Wildman–Crippen MR) is 74.0 cm³/mol. The molecule has 4 N–H and O–H groups in total. The number of nitrogens with zero attached hydrogens (tertiary/aromatic N) is 1. The maximum atomic E-state index is 11.8. The number of amides is 1. The van der Waals surface area contributed by atoms with Crippen LogP contribution in [0.1, 0.15) is 12.6 Å². The maximum absolute atomic E-state index is 11.8. The number of likely N-dealkylation sites (N-methyl/N-ethyl adjacent to an activating group) is 1. The van der Waals surface area contributed by atoms with Crippen LogP contribution < -0.4 is 15.8 Å². The SMILES string of the molecule is CCNC(=O)CNS(=O)(=O)c1ccc(C(N)=S)nc1. The average molecular weight is 302 g/mol. The molecule has 7 nitrogen and oxygen atoms in total. The Morgan fingerprint density at radius 3 is 2.63 bits per heavy atom. The van der Waals surface area contributed by atoms with Crippen molar-refractivity contribution >= 4 is 33.1 Å². The normalized spacial score (nSPS) is 11.0. The van der Waals surface area contributed by atoms with E-state index in [9.17, 15) is 13.2 Å². The van der Waals surface area contributed by atoms with Gasteiger partial charge in [-0.05, 0) is 19.1 Å². The molecule has 1 rings (SSSR count). The van der Waals surface area contributed by atoms with Gasteiger partial charge in [0.25, 0.3) is 0 Å². The number of hydrogen-bond donors (Lipinski definition) is 3. The molecule has 0 aromatic carbocycles. The Morgan fingerprint density at radius 1 is 1.47 bits per heavy atom. The van der Waals surface area contributed by atoms with Gasteiger partial charge in [0.15, 0.2) is 0 Å². The van der Waals surface area contributed by atoms with Gasteiger partial charge in [0.05, 0.1) is 12.2 Å². The molecule has 0 saturated carbocycles. The minimum absolute atomic E-state index is 0.0585. The number of hydrogen-bond acceptors (Lipinski definition) is 5. The second kappa shape index (κ2) is 6.55. The zero-order chi connectivity index (χ0) is 14.5. The fraction of sp³-hybridized carbons (Fsp3) is 0.300. The Bertz CT molecular complexity index is 569. The topological polar surface area (TPSA) is 114 Å². The number of thiocarbonyl (C=S) groups is 1. The lowest BCUT2D eigenvalue weighted by Crippen LogP contribution is -2.36. The largest absolute Gasteiger partial charge is 0.388 e. The summed E-state index contributed by atoms with van der Waals surface area (Å²) in [7, 11) is -3.77. The minimum Gasteiger partial charge on any atom is -0.388 e. The molecule has 0 atom stereocenters. The van der Waals surface area contributed by atoms with Crippen molar-refractivity contribution in [3.8, 4) is 0 Å². The highest BCUT2D eigenvalue weighted by atomic mass is 32.2. The number of aromatic nitrogens is 1. The molecule has 0 bridgehead atoms. The lowest BCUT2D eigenvalue weighted by molar-refractivity contribution is -0.119. The highest BCUT2D eigenvalue weighted by Crippen LogP contribution is 2.07. The number of pyridine rings is 1. The van der Waals surface area contributed by atoms with Crippen LogP contribution in [0.5, 0.6) is 0 Å². The van der Waals surface area contributed by atoms with Crippen LogP contribution >= 0.6 is 12.2 Å². The van der Waals surface area contributed by atoms with Crippen molar-refractivity contribution in [3.63, 3.8) is 0 Å². The van der Waals surface area contributed by atoms with Crippen LogP contribution in [-0.2, 0) is 14.8 Å². The molecule has 104 valence electrons. The molecule has 19 heavy (non-hydrogen) atoms. The Hall–Kier alpha value is -1.58. The Morgan fingerprint density at radius 2 is 2.16 bits per heavy atom. The van der Waals surface area contributed by atoms with E-state index in [0.717, 1.165) is 6.20 Å². The molecular formula is C10H14N4O3S2. The van der Waals surface area contributed by atoms with Gasteiger partial charge in [0.1, 0.15) is 9.88 Å². The van der Waals surface area contributed by atoms with E-state index < -0.39 is 15.9 Å². The average Bonchev–Trinajstić information content (AvgIpc) is 2.37. The number of carbonyl (C=O) groups is 1. The zero-order valence-electron chi connectivity index (χ0n) is 10.2. The van der Waals surface area contributed by atoms with Crippen LogP contribution in [0.2, 0.25) is 0 Å². The molecule has 0 radical (unpaired) electrons. The van der Waals surface area contributed by atoms with Crippen LogP contribution in [0.25, 0.3) is 0 Å². The summed E-state index contributed by atoms with van der Waals surface area (Å²) in [5, 5.41) is 2.48. The van der Waals surface area contributed by atoms with Crippen molar-refractivity contribution in [1.29, 1.82) is 0 Å². The van der Waals surface area contributed by atoms with Gasteiger partial charge in [0.2, 0.25) is 15.9 Å². The Kier molecular flexibility index (Phi) is 5.33. The summed E-state index contributed by atoms with van der Waals surface area (Å²) in [6.45, 7) is 1.85. The van der Waals surface area contributed by atoms with Gasteiger partial charge in [-0.2, -0.15) is 0 Å². The fourth-order valence-electron chi connectivity index (χ4n) is 1.19. The zero-order valence-corrected chi connectivity index (χ0v) is 11.8. The molecule has 0 aliphatic rings. The van der Waals surface area contributed by atoms with Gasteiger partial charge in [-0.15, -0.1) is 0 Å². The summed E-state index contributed by atoms with van der Waals surface area (Å²) >= 11 is 4.71. The van der Waals surface area contributed by atoms with Gasteiger partial charge >= 0.3 is 0 Å².